The molecule has 17 heavy (non-hydrogen) atoms. The Morgan fingerprint density at radius 2 is 2.35 bits per heavy atom. The van der Waals surface area contributed by atoms with Crippen molar-refractivity contribution in [1.82, 2.24) is 4.98 Å². The van der Waals surface area contributed by atoms with Crippen LogP contribution in [0.25, 0.3) is 0 Å². The third-order valence-corrected chi connectivity index (χ3v) is 2.15. The van der Waals surface area contributed by atoms with Gasteiger partial charge in [-0.3, -0.25) is 4.79 Å². The van der Waals surface area contributed by atoms with Gasteiger partial charge in [-0.05, 0) is 24.6 Å². The quantitative estimate of drug-likeness (QED) is 0.846. The summed E-state index contributed by atoms with van der Waals surface area (Å²) in [6.07, 6.45) is 1.20. The van der Waals surface area contributed by atoms with E-state index in [1.807, 2.05) is 31.2 Å². The molecule has 0 amide bonds. The lowest BCUT2D eigenvalue weighted by Gasteiger charge is -2.01. The summed E-state index contributed by atoms with van der Waals surface area (Å²) in [5.74, 6) is -0.930. The van der Waals surface area contributed by atoms with Crippen LogP contribution in [0.2, 0.25) is 0 Å². The summed E-state index contributed by atoms with van der Waals surface area (Å²) in [6.45, 7) is 1.98. The number of nitrogens with zero attached hydrogens (tertiary/aromatic N) is 1. The van der Waals surface area contributed by atoms with Crippen LogP contribution in [0.5, 0.6) is 0 Å². The summed E-state index contributed by atoms with van der Waals surface area (Å²) < 4.78 is 5.12. The fraction of sp³-hybridized carbons (Fsp3) is 0.167. The van der Waals surface area contributed by atoms with E-state index < -0.39 is 5.97 Å². The molecule has 0 aliphatic rings. The van der Waals surface area contributed by atoms with Gasteiger partial charge in [0.05, 0.1) is 12.1 Å². The van der Waals surface area contributed by atoms with Crippen LogP contribution in [0, 0.1) is 6.92 Å². The molecule has 0 bridgehead atoms. The van der Waals surface area contributed by atoms with E-state index in [4.69, 9.17) is 9.52 Å². The zero-order valence-electron chi connectivity index (χ0n) is 9.30. The van der Waals surface area contributed by atoms with Gasteiger partial charge < -0.3 is 14.8 Å². The van der Waals surface area contributed by atoms with Crippen LogP contribution >= 0.6 is 0 Å². The molecule has 0 saturated heterocycles. The fourth-order valence-electron chi connectivity index (χ4n) is 1.45. The number of nitrogens with one attached hydrogen (secondary N) is 1. The zero-order chi connectivity index (χ0) is 12.3. The first-order valence-corrected chi connectivity index (χ1v) is 5.13. The Labute approximate surface area is 98.1 Å². The second-order valence-corrected chi connectivity index (χ2v) is 3.71. The molecule has 0 fully saturated rings. The number of benzene rings is 1. The monoisotopic (exact) mass is 232 g/mol. The second kappa shape index (κ2) is 4.69. The molecule has 1 aromatic heterocycles. The van der Waals surface area contributed by atoms with Gasteiger partial charge in [0, 0.05) is 5.69 Å². The smallest absolute Gasteiger partial charge is 0.309 e. The first-order chi connectivity index (χ1) is 8.13. The van der Waals surface area contributed by atoms with Crippen LogP contribution in [0.15, 0.2) is 34.9 Å². The minimum absolute atomic E-state index is 0.140. The molecule has 88 valence electrons. The van der Waals surface area contributed by atoms with Gasteiger partial charge in [0.2, 0.25) is 0 Å². The molecule has 2 rings (SSSR count). The van der Waals surface area contributed by atoms with Crippen LogP contribution < -0.4 is 5.32 Å². The van der Waals surface area contributed by atoms with Gasteiger partial charge in [-0.15, -0.1) is 0 Å². The molecule has 1 heterocycles. The fourth-order valence-corrected chi connectivity index (χ4v) is 1.45. The standard InChI is InChI=1S/C12H12N2O3/c1-8-3-2-4-9(5-8)13-12-14-10(7-17-12)6-11(15)16/h2-5,7H,6H2,1H3,(H,13,14)(H,15,16). The van der Waals surface area contributed by atoms with Gasteiger partial charge >= 0.3 is 5.97 Å². The number of anilines is 2. The summed E-state index contributed by atoms with van der Waals surface area (Å²) in [5.41, 5.74) is 2.37. The molecule has 5 nitrogen and oxygen atoms in total. The maximum atomic E-state index is 10.5. The highest BCUT2D eigenvalue weighted by Crippen LogP contribution is 2.17. The number of hydrogen-bond acceptors (Lipinski definition) is 4. The number of aliphatic carboxylic acids is 1. The molecule has 0 saturated carbocycles. The Morgan fingerprint density at radius 1 is 1.53 bits per heavy atom. The van der Waals surface area contributed by atoms with Crippen molar-refractivity contribution in [3.63, 3.8) is 0 Å². The van der Waals surface area contributed by atoms with E-state index in [-0.39, 0.29) is 6.42 Å². The molecule has 0 atom stereocenters. The minimum atomic E-state index is -0.930. The van der Waals surface area contributed by atoms with E-state index in [0.29, 0.717) is 11.7 Å². The van der Waals surface area contributed by atoms with E-state index in [0.717, 1.165) is 11.3 Å². The summed E-state index contributed by atoms with van der Waals surface area (Å²) >= 11 is 0. The van der Waals surface area contributed by atoms with Crippen molar-refractivity contribution in [2.24, 2.45) is 0 Å². The van der Waals surface area contributed by atoms with E-state index >= 15 is 0 Å². The lowest BCUT2D eigenvalue weighted by molar-refractivity contribution is -0.136. The first kappa shape index (κ1) is 11.2. The number of carbonyl (C=O) groups is 1. The normalized spacial score (nSPS) is 10.2. The Bertz CT molecular complexity index is 534. The van der Waals surface area contributed by atoms with Gasteiger partial charge in [0.1, 0.15) is 6.26 Å². The number of carboxylic acids is 1. The zero-order valence-corrected chi connectivity index (χ0v) is 9.30. The maximum Gasteiger partial charge on any atom is 0.309 e. The number of rotatable bonds is 4. The summed E-state index contributed by atoms with van der Waals surface area (Å²) in [6, 6.07) is 8.02. The highest BCUT2D eigenvalue weighted by molar-refractivity contribution is 5.69. The lowest BCUT2D eigenvalue weighted by Crippen LogP contribution is -2.00. The average molecular weight is 232 g/mol. The highest BCUT2D eigenvalue weighted by atomic mass is 16.4. The van der Waals surface area contributed by atoms with Crippen LogP contribution in [0.1, 0.15) is 11.3 Å². The van der Waals surface area contributed by atoms with E-state index in [2.05, 4.69) is 10.3 Å². The molecule has 1 aromatic carbocycles. The lowest BCUT2D eigenvalue weighted by atomic mass is 10.2. The summed E-state index contributed by atoms with van der Waals surface area (Å²) in [7, 11) is 0. The molecule has 0 aliphatic heterocycles. The van der Waals surface area contributed by atoms with Gasteiger partial charge in [-0.2, -0.15) is 4.98 Å². The third-order valence-electron chi connectivity index (χ3n) is 2.15. The van der Waals surface area contributed by atoms with E-state index in [1.165, 1.54) is 6.26 Å². The van der Waals surface area contributed by atoms with Gasteiger partial charge in [0.25, 0.3) is 6.01 Å². The predicted molar refractivity (Wildman–Crippen MR) is 62.3 cm³/mol. The molecular formula is C12H12N2O3. The number of carboxylic acid groups (broad SMARTS) is 1. The molecular weight excluding hydrogens is 220 g/mol. The van der Waals surface area contributed by atoms with Gasteiger partial charge in [0.15, 0.2) is 0 Å². The van der Waals surface area contributed by atoms with Crippen molar-refractivity contribution >= 4 is 17.7 Å². The Kier molecular flexibility index (Phi) is 3.09. The van der Waals surface area contributed by atoms with Crippen molar-refractivity contribution in [2.45, 2.75) is 13.3 Å². The van der Waals surface area contributed by atoms with Gasteiger partial charge in [-0.1, -0.05) is 12.1 Å². The topological polar surface area (TPSA) is 75.4 Å². The molecule has 0 radical (unpaired) electrons. The molecule has 2 aromatic rings. The molecule has 0 unspecified atom stereocenters. The summed E-state index contributed by atoms with van der Waals surface area (Å²) in [5, 5.41) is 11.6. The SMILES string of the molecule is Cc1cccc(Nc2nc(CC(=O)O)co2)c1. The molecule has 2 N–H and O–H groups in total. The van der Waals surface area contributed by atoms with Crippen LogP contribution in [-0.2, 0) is 11.2 Å². The van der Waals surface area contributed by atoms with Crippen LogP contribution in [0.3, 0.4) is 0 Å². The van der Waals surface area contributed by atoms with Crippen LogP contribution in [-0.4, -0.2) is 16.1 Å². The summed E-state index contributed by atoms with van der Waals surface area (Å²) in [4.78, 5) is 14.5. The number of aryl methyl sites for hydroxylation is 1. The average Bonchev–Trinajstić information content (AvgIpc) is 2.64. The van der Waals surface area contributed by atoms with Crippen LogP contribution in [0.4, 0.5) is 11.7 Å². The van der Waals surface area contributed by atoms with Gasteiger partial charge in [-0.25, -0.2) is 0 Å². The Morgan fingerprint density at radius 3 is 3.06 bits per heavy atom. The largest absolute Gasteiger partial charge is 0.481 e. The van der Waals surface area contributed by atoms with Crippen molar-refractivity contribution in [3.05, 3.63) is 41.8 Å². The second-order valence-electron chi connectivity index (χ2n) is 3.71. The molecule has 0 spiro atoms. The van der Waals surface area contributed by atoms with E-state index in [1.54, 1.807) is 0 Å². The van der Waals surface area contributed by atoms with Crippen molar-refractivity contribution in [1.29, 1.82) is 0 Å². The number of aromatic nitrogens is 1. The number of oxazole rings is 1. The minimum Gasteiger partial charge on any atom is -0.481 e. The number of hydrogen-bond donors (Lipinski definition) is 2. The predicted octanol–water partition coefficient (Wildman–Crippen LogP) is 2.35. The Hall–Kier alpha value is -2.30. The first-order valence-electron chi connectivity index (χ1n) is 5.13. The van der Waals surface area contributed by atoms with Crippen molar-refractivity contribution in [3.8, 4) is 0 Å². The molecule has 0 aliphatic carbocycles. The van der Waals surface area contributed by atoms with Crippen molar-refractivity contribution in [2.75, 3.05) is 5.32 Å². The third kappa shape index (κ3) is 3.07. The highest BCUT2D eigenvalue weighted by Gasteiger charge is 2.07. The maximum absolute atomic E-state index is 10.5. The van der Waals surface area contributed by atoms with E-state index in [9.17, 15) is 4.79 Å². The molecule has 5 heteroatoms. The Balaban J connectivity index is 2.08. The van der Waals surface area contributed by atoms with Crippen molar-refractivity contribution < 1.29 is 14.3 Å².